The summed E-state index contributed by atoms with van der Waals surface area (Å²) in [4.78, 5) is 13.0. The van der Waals surface area contributed by atoms with Gasteiger partial charge in [-0.25, -0.2) is 4.68 Å². The van der Waals surface area contributed by atoms with Crippen molar-refractivity contribution in [2.45, 2.75) is 52.0 Å². The van der Waals surface area contributed by atoms with Crippen LogP contribution in [0.25, 0.3) is 5.69 Å². The highest BCUT2D eigenvalue weighted by Crippen LogP contribution is 2.53. The van der Waals surface area contributed by atoms with Crippen LogP contribution in [-0.4, -0.2) is 21.7 Å². The Morgan fingerprint density at radius 2 is 1.69 bits per heavy atom. The Morgan fingerprint density at radius 1 is 1.04 bits per heavy atom. The molecule has 2 aromatic rings. The van der Waals surface area contributed by atoms with Gasteiger partial charge in [-0.05, 0) is 81.3 Å². The number of hydrogen-bond donors (Lipinski definition) is 1. The molecule has 4 bridgehead atoms. The number of aryl methyl sites for hydroxylation is 1. The van der Waals surface area contributed by atoms with Crippen molar-refractivity contribution in [1.82, 2.24) is 15.1 Å². The number of carbonyl (C=O) groups is 1. The van der Waals surface area contributed by atoms with Crippen molar-refractivity contribution in [2.24, 2.45) is 23.7 Å². The number of carbonyl (C=O) groups excluding carboxylic acids is 1. The predicted molar refractivity (Wildman–Crippen MR) is 101 cm³/mol. The minimum atomic E-state index is 0.0554. The summed E-state index contributed by atoms with van der Waals surface area (Å²) < 4.78 is 1.89. The average Bonchev–Trinajstić information content (AvgIpc) is 2.99. The Morgan fingerprint density at radius 3 is 2.35 bits per heavy atom. The second-order valence-electron chi connectivity index (χ2n) is 8.77. The number of nitrogens with zero attached hydrogens (tertiary/aromatic N) is 2. The molecule has 4 saturated carbocycles. The SMILES string of the molecule is Cc1ccccc1-n1ncc(C(=O)NC2C3CC4CC(C3)CC2C4)c1C. The Hall–Kier alpha value is -2.10. The molecule has 0 atom stereocenters. The van der Waals surface area contributed by atoms with Gasteiger partial charge in [0.2, 0.25) is 0 Å². The van der Waals surface area contributed by atoms with Gasteiger partial charge in [0.15, 0.2) is 0 Å². The summed E-state index contributed by atoms with van der Waals surface area (Å²) in [5.41, 5.74) is 3.83. The first-order valence-electron chi connectivity index (χ1n) is 10.0. The maximum atomic E-state index is 13.0. The van der Waals surface area contributed by atoms with Gasteiger partial charge >= 0.3 is 0 Å². The molecule has 1 N–H and O–H groups in total. The number of benzene rings is 1. The summed E-state index contributed by atoms with van der Waals surface area (Å²) in [6.45, 7) is 4.07. The number of aromatic nitrogens is 2. The molecule has 4 heteroatoms. The van der Waals surface area contributed by atoms with E-state index in [4.69, 9.17) is 0 Å². The van der Waals surface area contributed by atoms with Crippen molar-refractivity contribution in [3.8, 4) is 5.69 Å². The number of nitrogens with one attached hydrogen (secondary N) is 1. The van der Waals surface area contributed by atoms with Crippen LogP contribution in [0.1, 0.15) is 53.7 Å². The summed E-state index contributed by atoms with van der Waals surface area (Å²) in [6, 6.07) is 8.53. The highest BCUT2D eigenvalue weighted by molar-refractivity contribution is 5.95. The molecule has 4 fully saturated rings. The molecule has 1 aromatic carbocycles. The first-order chi connectivity index (χ1) is 12.6. The van der Waals surface area contributed by atoms with Crippen LogP contribution in [0, 0.1) is 37.5 Å². The van der Waals surface area contributed by atoms with Crippen LogP contribution < -0.4 is 5.32 Å². The number of amides is 1. The average molecular weight is 349 g/mol. The van der Waals surface area contributed by atoms with Gasteiger partial charge in [0.25, 0.3) is 5.91 Å². The van der Waals surface area contributed by atoms with Crippen molar-refractivity contribution < 1.29 is 4.79 Å². The molecule has 1 heterocycles. The number of para-hydroxylation sites is 1. The van der Waals surface area contributed by atoms with E-state index >= 15 is 0 Å². The van der Waals surface area contributed by atoms with Gasteiger partial charge in [-0.15, -0.1) is 0 Å². The quantitative estimate of drug-likeness (QED) is 0.909. The zero-order valence-electron chi connectivity index (χ0n) is 15.6. The number of hydrogen-bond acceptors (Lipinski definition) is 2. The Balaban J connectivity index is 1.38. The lowest BCUT2D eigenvalue weighted by atomic mass is 9.54. The third kappa shape index (κ3) is 2.50. The molecular weight excluding hydrogens is 322 g/mol. The molecule has 0 unspecified atom stereocenters. The van der Waals surface area contributed by atoms with Gasteiger partial charge in [-0.3, -0.25) is 4.79 Å². The van der Waals surface area contributed by atoms with Gasteiger partial charge in [-0.2, -0.15) is 5.10 Å². The molecule has 4 aliphatic rings. The van der Waals surface area contributed by atoms with Gasteiger partial charge in [0.1, 0.15) is 0 Å². The largest absolute Gasteiger partial charge is 0.349 e. The lowest BCUT2D eigenvalue weighted by molar-refractivity contribution is -0.0119. The monoisotopic (exact) mass is 349 g/mol. The van der Waals surface area contributed by atoms with E-state index in [-0.39, 0.29) is 5.91 Å². The van der Waals surface area contributed by atoms with Crippen molar-refractivity contribution in [3.63, 3.8) is 0 Å². The highest BCUT2D eigenvalue weighted by atomic mass is 16.1. The van der Waals surface area contributed by atoms with Crippen LogP contribution in [0.2, 0.25) is 0 Å². The Kier molecular flexibility index (Phi) is 3.70. The van der Waals surface area contributed by atoms with Crippen molar-refractivity contribution in [3.05, 3.63) is 47.3 Å². The van der Waals surface area contributed by atoms with E-state index in [9.17, 15) is 4.79 Å². The summed E-state index contributed by atoms with van der Waals surface area (Å²) >= 11 is 0. The van der Waals surface area contributed by atoms with Crippen LogP contribution >= 0.6 is 0 Å². The van der Waals surface area contributed by atoms with Crippen molar-refractivity contribution in [1.29, 1.82) is 0 Å². The van der Waals surface area contributed by atoms with E-state index in [1.807, 2.05) is 23.7 Å². The Bertz CT molecular complexity index is 825. The second kappa shape index (κ2) is 5.97. The van der Waals surface area contributed by atoms with Gasteiger partial charge in [0, 0.05) is 6.04 Å². The summed E-state index contributed by atoms with van der Waals surface area (Å²) in [5, 5.41) is 7.91. The lowest BCUT2D eigenvalue weighted by Gasteiger charge is -2.54. The normalized spacial score (nSPS) is 32.0. The van der Waals surface area contributed by atoms with E-state index < -0.39 is 0 Å². The lowest BCUT2D eigenvalue weighted by Crippen LogP contribution is -2.55. The van der Waals surface area contributed by atoms with Gasteiger partial charge in [0.05, 0.1) is 23.1 Å². The van der Waals surface area contributed by atoms with E-state index in [0.717, 1.165) is 28.8 Å². The van der Waals surface area contributed by atoms with E-state index in [2.05, 4.69) is 29.5 Å². The van der Waals surface area contributed by atoms with Crippen LogP contribution in [0.15, 0.2) is 30.5 Å². The van der Waals surface area contributed by atoms with Crippen molar-refractivity contribution >= 4 is 5.91 Å². The minimum Gasteiger partial charge on any atom is -0.349 e. The maximum absolute atomic E-state index is 13.0. The molecular formula is C22H27N3O. The molecule has 26 heavy (non-hydrogen) atoms. The third-order valence-electron chi connectivity index (χ3n) is 7.12. The first kappa shape index (κ1) is 16.1. The molecule has 136 valence electrons. The van der Waals surface area contributed by atoms with Crippen LogP contribution in [0.5, 0.6) is 0 Å². The molecule has 6 rings (SSSR count). The zero-order valence-corrected chi connectivity index (χ0v) is 15.6. The minimum absolute atomic E-state index is 0.0554. The predicted octanol–water partition coefficient (Wildman–Crippen LogP) is 4.04. The maximum Gasteiger partial charge on any atom is 0.254 e. The molecule has 1 aromatic heterocycles. The molecule has 1 amide bonds. The van der Waals surface area contributed by atoms with Crippen LogP contribution in [0.4, 0.5) is 0 Å². The summed E-state index contributed by atoms with van der Waals surface area (Å²) in [7, 11) is 0. The standard InChI is InChI=1S/C22H27N3O/c1-13-5-3-4-6-20(13)25-14(2)19(12-23-25)22(26)24-21-17-8-15-7-16(10-17)11-18(21)9-15/h3-6,12,15-18,21H,7-11H2,1-2H3,(H,24,26). The van der Waals surface area contributed by atoms with Gasteiger partial charge < -0.3 is 5.32 Å². The summed E-state index contributed by atoms with van der Waals surface area (Å²) in [6.07, 6.45) is 8.45. The fraction of sp³-hybridized carbons (Fsp3) is 0.545. The fourth-order valence-corrected chi connectivity index (χ4v) is 6.07. The summed E-state index contributed by atoms with van der Waals surface area (Å²) in [5.74, 6) is 3.30. The molecule has 0 saturated heterocycles. The fourth-order valence-electron chi connectivity index (χ4n) is 6.07. The third-order valence-corrected chi connectivity index (χ3v) is 7.12. The smallest absolute Gasteiger partial charge is 0.254 e. The molecule has 4 aliphatic carbocycles. The van der Waals surface area contributed by atoms with E-state index in [0.29, 0.717) is 23.4 Å². The Labute approximate surface area is 155 Å². The van der Waals surface area contributed by atoms with Crippen LogP contribution in [-0.2, 0) is 0 Å². The highest BCUT2D eigenvalue weighted by Gasteiger charge is 2.48. The second-order valence-corrected chi connectivity index (χ2v) is 8.77. The van der Waals surface area contributed by atoms with Crippen molar-refractivity contribution in [2.75, 3.05) is 0 Å². The van der Waals surface area contributed by atoms with E-state index in [1.54, 1.807) is 6.20 Å². The zero-order chi connectivity index (χ0) is 17.8. The van der Waals surface area contributed by atoms with Gasteiger partial charge in [-0.1, -0.05) is 18.2 Å². The molecule has 4 nitrogen and oxygen atoms in total. The topological polar surface area (TPSA) is 46.9 Å². The number of rotatable bonds is 3. The molecule has 0 radical (unpaired) electrons. The van der Waals surface area contributed by atoms with Crippen LogP contribution in [0.3, 0.4) is 0 Å². The first-order valence-corrected chi connectivity index (χ1v) is 10.0. The van der Waals surface area contributed by atoms with E-state index in [1.165, 1.54) is 32.1 Å². The molecule has 0 aliphatic heterocycles. The molecule has 0 spiro atoms.